The zero-order valence-electron chi connectivity index (χ0n) is 11.5. The van der Waals surface area contributed by atoms with Gasteiger partial charge in [0.1, 0.15) is 16.3 Å². The highest BCUT2D eigenvalue weighted by atomic mass is 32.5. The normalized spacial score (nSPS) is 15.2. The molecule has 2 rings (SSSR count). The van der Waals surface area contributed by atoms with Gasteiger partial charge in [-0.05, 0) is 35.4 Å². The average molecular weight is 361 g/mol. The van der Waals surface area contributed by atoms with Crippen LogP contribution in [0.1, 0.15) is 12.1 Å². The van der Waals surface area contributed by atoms with Crippen LogP contribution < -0.4 is 4.74 Å². The molecule has 2 aromatic rings. The summed E-state index contributed by atoms with van der Waals surface area (Å²) in [4.78, 5) is 1.15. The molecule has 0 N–H and O–H groups in total. The maximum atomic E-state index is 13.1. The predicted molar refractivity (Wildman–Crippen MR) is 72.6 cm³/mol. The fourth-order valence-electron chi connectivity index (χ4n) is 1.90. The van der Waals surface area contributed by atoms with Crippen LogP contribution in [-0.4, -0.2) is 12.1 Å². The number of aromatic nitrogens is 1. The maximum absolute atomic E-state index is 13.1. The molecule has 1 aromatic heterocycles. The quantitative estimate of drug-likeness (QED) is 0.592. The van der Waals surface area contributed by atoms with Gasteiger partial charge in [0, 0.05) is 6.20 Å². The fourth-order valence-corrected chi connectivity index (χ4v) is 2.79. The Morgan fingerprint density at radius 2 is 1.57 bits per heavy atom. The van der Waals surface area contributed by atoms with Crippen molar-refractivity contribution in [1.82, 2.24) is 4.98 Å². The molecule has 23 heavy (non-hydrogen) atoms. The lowest BCUT2D eigenvalue weighted by atomic mass is 10.1. The second-order valence-electron chi connectivity index (χ2n) is 4.60. The molecule has 0 aliphatic carbocycles. The van der Waals surface area contributed by atoms with Crippen LogP contribution >= 0.6 is 10.2 Å². The van der Waals surface area contributed by atoms with E-state index in [0.717, 1.165) is 31.5 Å². The van der Waals surface area contributed by atoms with Crippen molar-refractivity contribution < 1.29 is 32.9 Å². The SMILES string of the molecule is COc1ccc(-c2ccnc(C(F)F)c2)cc1S(F)(F)(F)(F)F. The first kappa shape index (κ1) is 17.4. The predicted octanol–water partition coefficient (Wildman–Crippen LogP) is 6.35. The summed E-state index contributed by atoms with van der Waals surface area (Å²) in [5, 5.41) is 0. The van der Waals surface area contributed by atoms with Crippen LogP contribution in [0.3, 0.4) is 0 Å². The third kappa shape index (κ3) is 3.87. The van der Waals surface area contributed by atoms with E-state index < -0.39 is 33.0 Å². The number of hydrogen-bond acceptors (Lipinski definition) is 2. The summed E-state index contributed by atoms with van der Waals surface area (Å²) in [5.41, 5.74) is -1.08. The molecule has 0 spiro atoms. The Bertz CT molecular complexity index is 746. The highest BCUT2D eigenvalue weighted by Gasteiger charge is 2.67. The van der Waals surface area contributed by atoms with E-state index in [-0.39, 0.29) is 17.2 Å². The van der Waals surface area contributed by atoms with Crippen LogP contribution in [0, 0.1) is 0 Å². The van der Waals surface area contributed by atoms with Crippen molar-refractivity contribution in [2.75, 3.05) is 7.11 Å². The topological polar surface area (TPSA) is 22.1 Å². The molecule has 0 saturated carbocycles. The van der Waals surface area contributed by atoms with Gasteiger partial charge in [-0.15, -0.1) is 0 Å². The lowest BCUT2D eigenvalue weighted by Crippen LogP contribution is -2.08. The maximum Gasteiger partial charge on any atom is 0.313 e. The van der Waals surface area contributed by atoms with E-state index in [9.17, 15) is 28.2 Å². The minimum atomic E-state index is -10.0. The molecule has 1 heterocycles. The van der Waals surface area contributed by atoms with E-state index in [1.54, 1.807) is 0 Å². The van der Waals surface area contributed by atoms with E-state index in [2.05, 4.69) is 9.72 Å². The Kier molecular flexibility index (Phi) is 3.60. The molecule has 0 radical (unpaired) electrons. The molecule has 1 aromatic carbocycles. The first-order valence-electron chi connectivity index (χ1n) is 5.98. The van der Waals surface area contributed by atoms with Crippen molar-refractivity contribution >= 4 is 10.2 Å². The molecule has 2 nitrogen and oxygen atoms in total. The molecule has 0 aliphatic rings. The van der Waals surface area contributed by atoms with Gasteiger partial charge < -0.3 is 4.74 Å². The number of alkyl halides is 2. The van der Waals surface area contributed by atoms with Gasteiger partial charge in [-0.2, -0.15) is 0 Å². The zero-order chi connectivity index (χ0) is 17.5. The molecule has 0 amide bonds. The molecule has 0 bridgehead atoms. The molecule has 10 heteroatoms. The van der Waals surface area contributed by atoms with Gasteiger partial charge in [-0.25, -0.2) is 8.78 Å². The Balaban J connectivity index is 2.67. The van der Waals surface area contributed by atoms with E-state index in [1.807, 2.05) is 0 Å². The van der Waals surface area contributed by atoms with Gasteiger partial charge in [0.15, 0.2) is 0 Å². The van der Waals surface area contributed by atoms with E-state index in [4.69, 9.17) is 0 Å². The largest absolute Gasteiger partial charge is 0.495 e. The highest BCUT2D eigenvalue weighted by molar-refractivity contribution is 8.45. The Labute approximate surface area is 126 Å². The Hall–Kier alpha value is -1.97. The average Bonchev–Trinajstić information content (AvgIpc) is 2.44. The number of ether oxygens (including phenoxy) is 1. The molecule has 0 atom stereocenters. The Morgan fingerprint density at radius 3 is 2.09 bits per heavy atom. The monoisotopic (exact) mass is 361 g/mol. The number of pyridine rings is 1. The number of nitrogens with zero attached hydrogens (tertiary/aromatic N) is 1. The van der Waals surface area contributed by atoms with Crippen molar-refractivity contribution in [3.05, 3.63) is 42.2 Å². The summed E-state index contributed by atoms with van der Waals surface area (Å²) in [5.74, 6) is -1.05. The fraction of sp³-hybridized carbons (Fsp3) is 0.154. The molecular formula is C13H10F7NOS. The van der Waals surface area contributed by atoms with E-state index >= 15 is 0 Å². The van der Waals surface area contributed by atoms with Crippen molar-refractivity contribution in [3.8, 4) is 16.9 Å². The van der Waals surface area contributed by atoms with Crippen LogP contribution in [0.5, 0.6) is 5.75 Å². The van der Waals surface area contributed by atoms with Crippen molar-refractivity contribution in [2.24, 2.45) is 0 Å². The van der Waals surface area contributed by atoms with Crippen LogP contribution in [0.15, 0.2) is 41.4 Å². The summed E-state index contributed by atoms with van der Waals surface area (Å²) >= 11 is 0. The minimum absolute atomic E-state index is 0.0962. The molecule has 0 aliphatic heterocycles. The lowest BCUT2D eigenvalue weighted by Gasteiger charge is -2.41. The summed E-state index contributed by atoms with van der Waals surface area (Å²) in [7, 11) is -9.18. The van der Waals surface area contributed by atoms with Gasteiger partial charge >= 0.3 is 10.2 Å². The van der Waals surface area contributed by atoms with Crippen LogP contribution in [0.25, 0.3) is 11.1 Å². The summed E-state index contributed by atoms with van der Waals surface area (Å²) in [6.07, 6.45) is -1.98. The lowest BCUT2D eigenvalue weighted by molar-refractivity contribution is 0.146. The van der Waals surface area contributed by atoms with Crippen LogP contribution in [0.2, 0.25) is 0 Å². The molecular weight excluding hydrogens is 351 g/mol. The molecule has 0 unspecified atom stereocenters. The third-order valence-corrected chi connectivity index (χ3v) is 4.07. The van der Waals surface area contributed by atoms with Gasteiger partial charge in [-0.3, -0.25) is 4.98 Å². The second-order valence-corrected chi connectivity index (χ2v) is 6.98. The Morgan fingerprint density at radius 1 is 0.957 bits per heavy atom. The minimum Gasteiger partial charge on any atom is -0.495 e. The van der Waals surface area contributed by atoms with Crippen molar-refractivity contribution in [3.63, 3.8) is 0 Å². The van der Waals surface area contributed by atoms with Gasteiger partial charge in [0.25, 0.3) is 6.43 Å². The van der Waals surface area contributed by atoms with Crippen LogP contribution in [-0.2, 0) is 0 Å². The standard InChI is InChI=1S/C13H10F7NOS/c1-22-11-3-2-8(7-12(11)23(16,17,18,19)20)9-4-5-21-10(6-9)13(14)15/h2-7,13H,1H3. The third-order valence-electron chi connectivity index (χ3n) is 2.92. The van der Waals surface area contributed by atoms with Crippen LogP contribution in [0.4, 0.5) is 28.2 Å². The number of hydrogen-bond donors (Lipinski definition) is 0. The first-order chi connectivity index (χ1) is 10.3. The summed E-state index contributed by atoms with van der Waals surface area (Å²) < 4.78 is 95.0. The summed E-state index contributed by atoms with van der Waals surface area (Å²) in [6, 6.07) is 3.94. The van der Waals surface area contributed by atoms with E-state index in [0.29, 0.717) is 6.07 Å². The molecule has 0 saturated heterocycles. The summed E-state index contributed by atoms with van der Waals surface area (Å²) in [6.45, 7) is 0. The second kappa shape index (κ2) is 4.76. The van der Waals surface area contributed by atoms with Gasteiger partial charge in [-0.1, -0.05) is 25.5 Å². The van der Waals surface area contributed by atoms with Crippen molar-refractivity contribution in [2.45, 2.75) is 11.3 Å². The zero-order valence-corrected chi connectivity index (χ0v) is 12.3. The number of rotatable bonds is 4. The van der Waals surface area contributed by atoms with Crippen molar-refractivity contribution in [1.29, 1.82) is 0 Å². The van der Waals surface area contributed by atoms with E-state index in [1.165, 1.54) is 0 Å². The molecule has 0 fully saturated rings. The smallest absolute Gasteiger partial charge is 0.313 e. The van der Waals surface area contributed by atoms with Gasteiger partial charge in [0.2, 0.25) is 0 Å². The number of halogens is 7. The number of methoxy groups -OCH3 is 1. The first-order valence-corrected chi connectivity index (χ1v) is 7.93. The van der Waals surface area contributed by atoms with Gasteiger partial charge in [0.05, 0.1) is 7.11 Å². The molecule has 128 valence electrons. The highest BCUT2D eigenvalue weighted by Crippen LogP contribution is 3.03. The number of benzene rings is 1.